The maximum atomic E-state index is 12.7. The number of rotatable bonds is 5. The number of benzene rings is 1. The molecule has 0 atom stereocenters. The molecule has 0 saturated heterocycles. The fourth-order valence-electron chi connectivity index (χ4n) is 3.91. The van der Waals surface area contributed by atoms with Crippen LogP contribution in [0.4, 0.5) is 11.4 Å². The van der Waals surface area contributed by atoms with Crippen molar-refractivity contribution < 1.29 is 9.59 Å². The Morgan fingerprint density at radius 1 is 1.21 bits per heavy atom. The summed E-state index contributed by atoms with van der Waals surface area (Å²) in [5.74, 6) is 0.194. The molecule has 1 saturated carbocycles. The van der Waals surface area contributed by atoms with Gasteiger partial charge in [-0.25, -0.2) is 4.98 Å². The van der Waals surface area contributed by atoms with Crippen molar-refractivity contribution in [1.29, 1.82) is 0 Å². The second-order valence-electron chi connectivity index (χ2n) is 7.38. The van der Waals surface area contributed by atoms with Crippen LogP contribution < -0.4 is 11.1 Å². The minimum Gasteiger partial charge on any atom is -0.397 e. The van der Waals surface area contributed by atoms with Crippen LogP contribution in [-0.4, -0.2) is 26.5 Å². The van der Waals surface area contributed by atoms with Gasteiger partial charge >= 0.3 is 0 Å². The SMILES string of the molecule is Cn1nc(C(=O)CC2CCCC2)c2ccc(NC(=O)c3ncccc3N)cc21. The molecule has 0 spiro atoms. The largest absolute Gasteiger partial charge is 0.397 e. The number of nitrogens with two attached hydrogens (primary N) is 1. The van der Waals surface area contributed by atoms with Crippen LogP contribution in [0.15, 0.2) is 36.5 Å². The standard InChI is InChI=1S/C21H23N5O2/c1-26-17-12-14(24-21(28)20-16(22)7-4-10-23-20)8-9-15(17)19(25-26)18(27)11-13-5-2-3-6-13/h4,7-10,12-13H,2-3,5-6,11,22H2,1H3,(H,24,28). The Labute approximate surface area is 162 Å². The molecule has 2 heterocycles. The van der Waals surface area contributed by atoms with Crippen molar-refractivity contribution in [3.05, 3.63) is 47.9 Å². The molecule has 1 amide bonds. The van der Waals surface area contributed by atoms with Crippen molar-refractivity contribution in [2.24, 2.45) is 13.0 Å². The summed E-state index contributed by atoms with van der Waals surface area (Å²) < 4.78 is 1.68. The monoisotopic (exact) mass is 377 g/mol. The van der Waals surface area contributed by atoms with Crippen LogP contribution in [0, 0.1) is 5.92 Å². The van der Waals surface area contributed by atoms with E-state index in [0.29, 0.717) is 29.4 Å². The van der Waals surface area contributed by atoms with Crippen LogP contribution in [-0.2, 0) is 7.05 Å². The predicted octanol–water partition coefficient (Wildman–Crippen LogP) is 3.57. The van der Waals surface area contributed by atoms with Crippen molar-refractivity contribution in [3.63, 3.8) is 0 Å². The Kier molecular flexibility index (Phi) is 4.81. The predicted molar refractivity (Wildman–Crippen MR) is 108 cm³/mol. The minimum absolute atomic E-state index is 0.0931. The minimum atomic E-state index is -0.378. The first-order chi connectivity index (χ1) is 13.5. The number of ketones is 1. The van der Waals surface area contributed by atoms with E-state index in [2.05, 4.69) is 15.4 Å². The van der Waals surface area contributed by atoms with Gasteiger partial charge in [0.25, 0.3) is 5.91 Å². The zero-order valence-electron chi connectivity index (χ0n) is 15.8. The number of fused-ring (bicyclic) bond motifs is 1. The zero-order valence-corrected chi connectivity index (χ0v) is 15.8. The van der Waals surface area contributed by atoms with Gasteiger partial charge in [0.2, 0.25) is 0 Å². The van der Waals surface area contributed by atoms with Gasteiger partial charge in [-0.1, -0.05) is 25.7 Å². The summed E-state index contributed by atoms with van der Waals surface area (Å²) in [7, 11) is 1.80. The molecule has 2 aromatic heterocycles. The number of aromatic nitrogens is 3. The van der Waals surface area contributed by atoms with Gasteiger partial charge in [0.1, 0.15) is 5.69 Å². The summed E-state index contributed by atoms with van der Waals surface area (Å²) >= 11 is 0. The maximum absolute atomic E-state index is 12.7. The lowest BCUT2D eigenvalue weighted by molar-refractivity contribution is 0.0957. The normalized spacial score (nSPS) is 14.5. The first kappa shape index (κ1) is 18.2. The molecule has 0 bridgehead atoms. The van der Waals surface area contributed by atoms with E-state index >= 15 is 0 Å². The first-order valence-electron chi connectivity index (χ1n) is 9.54. The second-order valence-corrected chi connectivity index (χ2v) is 7.38. The van der Waals surface area contributed by atoms with Gasteiger partial charge in [-0.15, -0.1) is 0 Å². The number of pyridine rings is 1. The molecular formula is C21H23N5O2. The van der Waals surface area contributed by atoms with Crippen molar-refractivity contribution in [1.82, 2.24) is 14.8 Å². The average molecular weight is 377 g/mol. The van der Waals surface area contributed by atoms with Gasteiger partial charge in [0.05, 0.1) is 11.2 Å². The van der Waals surface area contributed by atoms with E-state index in [-0.39, 0.29) is 17.4 Å². The van der Waals surface area contributed by atoms with E-state index in [9.17, 15) is 9.59 Å². The van der Waals surface area contributed by atoms with E-state index in [0.717, 1.165) is 23.7 Å². The van der Waals surface area contributed by atoms with Gasteiger partial charge in [-0.2, -0.15) is 5.10 Å². The van der Waals surface area contributed by atoms with Crippen LogP contribution in [0.1, 0.15) is 53.1 Å². The molecule has 3 N–H and O–H groups in total. The number of nitrogens with zero attached hydrogens (tertiary/aromatic N) is 3. The molecule has 0 radical (unpaired) electrons. The molecular weight excluding hydrogens is 354 g/mol. The molecule has 7 nitrogen and oxygen atoms in total. The Bertz CT molecular complexity index is 1050. The number of nitrogen functional groups attached to an aromatic ring is 1. The summed E-state index contributed by atoms with van der Waals surface area (Å²) in [4.78, 5) is 29.2. The quantitative estimate of drug-likeness (QED) is 0.662. The maximum Gasteiger partial charge on any atom is 0.276 e. The fraction of sp³-hybridized carbons (Fsp3) is 0.333. The van der Waals surface area contributed by atoms with Gasteiger partial charge in [0, 0.05) is 30.7 Å². The van der Waals surface area contributed by atoms with Crippen molar-refractivity contribution in [2.75, 3.05) is 11.1 Å². The summed E-state index contributed by atoms with van der Waals surface area (Å²) in [6.07, 6.45) is 6.77. The molecule has 1 aromatic carbocycles. The van der Waals surface area contributed by atoms with Crippen molar-refractivity contribution in [2.45, 2.75) is 32.1 Å². The fourth-order valence-corrected chi connectivity index (χ4v) is 3.91. The van der Waals surface area contributed by atoms with Crippen LogP contribution in [0.3, 0.4) is 0 Å². The molecule has 1 aliphatic carbocycles. The second kappa shape index (κ2) is 7.42. The lowest BCUT2D eigenvalue weighted by Gasteiger charge is -2.07. The highest BCUT2D eigenvalue weighted by atomic mass is 16.2. The van der Waals surface area contributed by atoms with Crippen molar-refractivity contribution in [3.8, 4) is 0 Å². The van der Waals surface area contributed by atoms with Gasteiger partial charge in [-0.05, 0) is 36.2 Å². The molecule has 7 heteroatoms. The van der Waals surface area contributed by atoms with Crippen LogP contribution in [0.5, 0.6) is 0 Å². The molecule has 144 valence electrons. The molecule has 1 aliphatic rings. The highest BCUT2D eigenvalue weighted by Gasteiger charge is 2.23. The third kappa shape index (κ3) is 3.47. The Hall–Kier alpha value is -3.22. The number of carbonyl (C=O) groups is 2. The van der Waals surface area contributed by atoms with E-state index in [4.69, 9.17) is 5.73 Å². The number of carbonyl (C=O) groups excluding carboxylic acids is 2. The third-order valence-corrected chi connectivity index (χ3v) is 5.38. The van der Waals surface area contributed by atoms with Crippen LogP contribution in [0.25, 0.3) is 10.9 Å². The van der Waals surface area contributed by atoms with Gasteiger partial charge in [0.15, 0.2) is 11.5 Å². The zero-order chi connectivity index (χ0) is 19.7. The molecule has 1 fully saturated rings. The smallest absolute Gasteiger partial charge is 0.276 e. The average Bonchev–Trinajstić information content (AvgIpc) is 3.30. The van der Waals surface area contributed by atoms with E-state index in [1.807, 2.05) is 12.1 Å². The van der Waals surface area contributed by atoms with Gasteiger partial charge < -0.3 is 11.1 Å². The van der Waals surface area contributed by atoms with E-state index in [1.54, 1.807) is 29.9 Å². The number of anilines is 2. The third-order valence-electron chi connectivity index (χ3n) is 5.38. The van der Waals surface area contributed by atoms with E-state index in [1.165, 1.54) is 19.0 Å². The van der Waals surface area contributed by atoms with E-state index < -0.39 is 0 Å². The number of Topliss-reactive ketones (excluding diaryl/α,β-unsaturated/α-hetero) is 1. The highest BCUT2D eigenvalue weighted by molar-refractivity contribution is 6.09. The van der Waals surface area contributed by atoms with Crippen LogP contribution >= 0.6 is 0 Å². The molecule has 0 aliphatic heterocycles. The van der Waals surface area contributed by atoms with Gasteiger partial charge in [-0.3, -0.25) is 14.3 Å². The molecule has 3 aromatic rings. The number of aryl methyl sites for hydroxylation is 1. The first-order valence-corrected chi connectivity index (χ1v) is 9.54. The number of hydrogen-bond acceptors (Lipinski definition) is 5. The lowest BCUT2D eigenvalue weighted by Crippen LogP contribution is -2.15. The Morgan fingerprint density at radius 2 is 2.00 bits per heavy atom. The number of hydrogen-bond donors (Lipinski definition) is 2. The van der Waals surface area contributed by atoms with Crippen LogP contribution in [0.2, 0.25) is 0 Å². The molecule has 4 rings (SSSR count). The Balaban J connectivity index is 1.58. The number of amides is 1. The topological polar surface area (TPSA) is 103 Å². The summed E-state index contributed by atoms with van der Waals surface area (Å²) in [5.41, 5.74) is 8.22. The highest BCUT2D eigenvalue weighted by Crippen LogP contribution is 2.30. The summed E-state index contributed by atoms with van der Waals surface area (Å²) in [6.45, 7) is 0. The lowest BCUT2D eigenvalue weighted by atomic mass is 9.98. The molecule has 0 unspecified atom stereocenters. The number of nitrogens with one attached hydrogen (secondary N) is 1. The summed E-state index contributed by atoms with van der Waals surface area (Å²) in [5, 5.41) is 8.06. The van der Waals surface area contributed by atoms with Crippen molar-refractivity contribution >= 4 is 34.0 Å². The molecule has 28 heavy (non-hydrogen) atoms. The Morgan fingerprint density at radius 3 is 2.75 bits per heavy atom. The summed E-state index contributed by atoms with van der Waals surface area (Å²) in [6, 6.07) is 8.73.